The van der Waals surface area contributed by atoms with Crippen molar-refractivity contribution in [2.24, 2.45) is 0 Å². The third-order valence-electron chi connectivity index (χ3n) is 3.80. The first kappa shape index (κ1) is 16.0. The topological polar surface area (TPSA) is 29.5 Å². The summed E-state index contributed by atoms with van der Waals surface area (Å²) in [5.41, 5.74) is 3.28. The van der Waals surface area contributed by atoms with Gasteiger partial charge in [-0.2, -0.15) is 0 Å². The van der Waals surface area contributed by atoms with Gasteiger partial charge in [0.05, 0.1) is 6.61 Å². The highest BCUT2D eigenvalue weighted by Gasteiger charge is 2.25. The van der Waals surface area contributed by atoms with Gasteiger partial charge < -0.3 is 9.64 Å². The second-order valence-corrected chi connectivity index (χ2v) is 6.29. The van der Waals surface area contributed by atoms with Crippen molar-refractivity contribution in [1.29, 1.82) is 0 Å². The van der Waals surface area contributed by atoms with Gasteiger partial charge in [0.2, 0.25) is 0 Å². The number of carbonyl (C=O) groups excluding carboxylic acids is 1. The maximum atomic E-state index is 13.6. The molecule has 1 heterocycles. The second kappa shape index (κ2) is 6.30. The van der Waals surface area contributed by atoms with Crippen molar-refractivity contribution < 1.29 is 13.9 Å². The lowest BCUT2D eigenvalue weighted by atomic mass is 10.0. The molecule has 0 unspecified atom stereocenters. The van der Waals surface area contributed by atoms with Crippen LogP contribution in [-0.4, -0.2) is 18.6 Å². The number of benzene rings is 2. The number of nitrogens with zero attached hydrogens (tertiary/aromatic N) is 1. The average molecular weight is 334 g/mol. The Bertz CT molecular complexity index is 740. The highest BCUT2D eigenvalue weighted by molar-refractivity contribution is 6.30. The maximum absolute atomic E-state index is 13.6. The minimum atomic E-state index is -0.377. The molecular formula is C18H17ClFNO2. The van der Waals surface area contributed by atoms with Crippen LogP contribution < -0.4 is 4.90 Å². The Hall–Kier alpha value is -1.91. The van der Waals surface area contributed by atoms with Crippen LogP contribution in [0.25, 0.3) is 11.1 Å². The van der Waals surface area contributed by atoms with E-state index in [1.165, 1.54) is 12.1 Å². The first-order chi connectivity index (χ1) is 11.0. The molecule has 3 rings (SSSR count). The zero-order chi connectivity index (χ0) is 16.6. The molecule has 1 amide bonds. The molecule has 1 aliphatic rings. The van der Waals surface area contributed by atoms with Gasteiger partial charge in [0, 0.05) is 22.3 Å². The molecule has 0 spiro atoms. The summed E-state index contributed by atoms with van der Waals surface area (Å²) in [6.07, 6.45) is 0. The Morgan fingerprint density at radius 1 is 1.13 bits per heavy atom. The third-order valence-corrected chi connectivity index (χ3v) is 4.02. The smallest absolute Gasteiger partial charge is 0.253 e. The van der Waals surface area contributed by atoms with Crippen molar-refractivity contribution in [2.45, 2.75) is 26.5 Å². The molecule has 0 aromatic heterocycles. The lowest BCUT2D eigenvalue weighted by Crippen LogP contribution is -2.38. The summed E-state index contributed by atoms with van der Waals surface area (Å²) in [5.74, 6) is -0.432. The third kappa shape index (κ3) is 3.23. The summed E-state index contributed by atoms with van der Waals surface area (Å²) < 4.78 is 19.0. The summed E-state index contributed by atoms with van der Waals surface area (Å²) in [4.78, 5) is 13.9. The zero-order valence-electron chi connectivity index (χ0n) is 13.0. The van der Waals surface area contributed by atoms with Crippen LogP contribution in [0.1, 0.15) is 19.4 Å². The van der Waals surface area contributed by atoms with E-state index >= 15 is 0 Å². The largest absolute Gasteiger partial charge is 0.367 e. The van der Waals surface area contributed by atoms with Crippen LogP contribution in [0.2, 0.25) is 5.02 Å². The molecule has 0 N–H and O–H groups in total. The zero-order valence-corrected chi connectivity index (χ0v) is 13.7. The van der Waals surface area contributed by atoms with Gasteiger partial charge in [0.25, 0.3) is 5.91 Å². The number of rotatable bonds is 2. The molecule has 0 saturated heterocycles. The summed E-state index contributed by atoms with van der Waals surface area (Å²) in [7, 11) is 0. The fourth-order valence-corrected chi connectivity index (χ4v) is 3.08. The quantitative estimate of drug-likeness (QED) is 0.814. The molecule has 5 heteroatoms. The van der Waals surface area contributed by atoms with Gasteiger partial charge in [-0.15, -0.1) is 0 Å². The molecule has 3 nitrogen and oxygen atoms in total. The lowest BCUT2D eigenvalue weighted by molar-refractivity contribution is -0.123. The molecule has 2 aromatic carbocycles. The number of anilines is 1. The van der Waals surface area contributed by atoms with Crippen molar-refractivity contribution in [3.8, 4) is 11.1 Å². The molecule has 2 aromatic rings. The van der Waals surface area contributed by atoms with E-state index in [0.717, 1.165) is 16.8 Å². The van der Waals surface area contributed by atoms with Gasteiger partial charge in [-0.25, -0.2) is 4.39 Å². The second-order valence-electron chi connectivity index (χ2n) is 5.85. The predicted octanol–water partition coefficient (Wildman–Crippen LogP) is 4.42. The number of hydrogen-bond acceptors (Lipinski definition) is 2. The number of ether oxygens (including phenoxy) is 1. The monoisotopic (exact) mass is 333 g/mol. The van der Waals surface area contributed by atoms with E-state index in [2.05, 4.69) is 0 Å². The summed E-state index contributed by atoms with van der Waals surface area (Å²) in [5, 5.41) is 0.352. The van der Waals surface area contributed by atoms with Crippen molar-refractivity contribution in [3.63, 3.8) is 0 Å². The van der Waals surface area contributed by atoms with Gasteiger partial charge in [-0.1, -0.05) is 17.7 Å². The Morgan fingerprint density at radius 3 is 2.61 bits per heavy atom. The number of amides is 1. The van der Waals surface area contributed by atoms with Gasteiger partial charge in [-0.05, 0) is 55.3 Å². The molecule has 0 saturated carbocycles. The van der Waals surface area contributed by atoms with Gasteiger partial charge in [-0.3, -0.25) is 4.79 Å². The summed E-state index contributed by atoms with van der Waals surface area (Å²) >= 11 is 5.94. The molecule has 1 aliphatic heterocycles. The van der Waals surface area contributed by atoms with Gasteiger partial charge in [0.1, 0.15) is 12.4 Å². The van der Waals surface area contributed by atoms with Crippen LogP contribution in [-0.2, 0) is 16.1 Å². The Morgan fingerprint density at radius 2 is 1.91 bits per heavy atom. The molecule has 0 radical (unpaired) electrons. The Kier molecular flexibility index (Phi) is 4.37. The Balaban J connectivity index is 2.08. The van der Waals surface area contributed by atoms with E-state index in [4.69, 9.17) is 16.3 Å². The van der Waals surface area contributed by atoms with Gasteiger partial charge in [0.15, 0.2) is 0 Å². The van der Waals surface area contributed by atoms with Crippen LogP contribution in [0.3, 0.4) is 0 Å². The van der Waals surface area contributed by atoms with Crippen LogP contribution in [0.5, 0.6) is 0 Å². The number of fused-ring (bicyclic) bond motifs is 1. The normalized spacial score (nSPS) is 14.8. The van der Waals surface area contributed by atoms with E-state index in [9.17, 15) is 9.18 Å². The van der Waals surface area contributed by atoms with E-state index in [-0.39, 0.29) is 24.4 Å². The number of hydrogen-bond donors (Lipinski definition) is 0. The maximum Gasteiger partial charge on any atom is 0.253 e. The van der Waals surface area contributed by atoms with E-state index in [0.29, 0.717) is 17.2 Å². The molecule has 23 heavy (non-hydrogen) atoms. The van der Waals surface area contributed by atoms with E-state index in [1.807, 2.05) is 32.0 Å². The van der Waals surface area contributed by atoms with Crippen LogP contribution in [0, 0.1) is 5.82 Å². The highest BCUT2D eigenvalue weighted by Crippen LogP contribution is 2.32. The fraction of sp³-hybridized carbons (Fsp3) is 0.278. The predicted molar refractivity (Wildman–Crippen MR) is 89.1 cm³/mol. The van der Waals surface area contributed by atoms with Crippen molar-refractivity contribution >= 4 is 23.2 Å². The molecular weight excluding hydrogens is 317 g/mol. The minimum Gasteiger partial charge on any atom is -0.367 e. The van der Waals surface area contributed by atoms with Gasteiger partial charge >= 0.3 is 0 Å². The summed E-state index contributed by atoms with van der Waals surface area (Å²) in [6.45, 7) is 4.34. The minimum absolute atomic E-state index is 0.0393. The van der Waals surface area contributed by atoms with Crippen LogP contribution in [0.4, 0.5) is 10.1 Å². The Labute approximate surface area is 139 Å². The van der Waals surface area contributed by atoms with Crippen molar-refractivity contribution in [2.75, 3.05) is 11.5 Å². The lowest BCUT2D eigenvalue weighted by Gasteiger charge is -2.26. The first-order valence-electron chi connectivity index (χ1n) is 7.45. The SMILES string of the molecule is CC(C)N1C(=O)COCc2cc(-c3cc(F)cc(Cl)c3)ccc21. The molecule has 0 bridgehead atoms. The molecule has 0 atom stereocenters. The number of carbonyl (C=O) groups is 1. The van der Waals surface area contributed by atoms with E-state index < -0.39 is 0 Å². The first-order valence-corrected chi connectivity index (χ1v) is 7.82. The van der Waals surface area contributed by atoms with Crippen LogP contribution >= 0.6 is 11.6 Å². The number of halogens is 2. The standard InChI is InChI=1S/C18H17ClFNO2/c1-11(2)21-17-4-3-12(5-14(17)9-23-10-18(21)22)13-6-15(19)8-16(20)7-13/h3-8,11H,9-10H2,1-2H3. The van der Waals surface area contributed by atoms with Crippen molar-refractivity contribution in [1.82, 2.24) is 0 Å². The highest BCUT2D eigenvalue weighted by atomic mass is 35.5. The molecule has 0 aliphatic carbocycles. The van der Waals surface area contributed by atoms with E-state index in [1.54, 1.807) is 11.0 Å². The summed E-state index contributed by atoms with van der Waals surface area (Å²) in [6, 6.07) is 10.2. The molecule has 120 valence electrons. The molecule has 0 fully saturated rings. The average Bonchev–Trinajstić information content (AvgIpc) is 2.63. The van der Waals surface area contributed by atoms with Crippen LogP contribution in [0.15, 0.2) is 36.4 Å². The van der Waals surface area contributed by atoms with Crippen molar-refractivity contribution in [3.05, 3.63) is 52.8 Å². The fourth-order valence-electron chi connectivity index (χ4n) is 2.85.